The Morgan fingerprint density at radius 1 is 1.24 bits per heavy atom. The number of rotatable bonds is 4. The summed E-state index contributed by atoms with van der Waals surface area (Å²) in [5.74, 6) is 0.841. The monoisotopic (exact) mass is 377 g/mol. The minimum absolute atomic E-state index is 0.00326. The highest BCUT2D eigenvalue weighted by atomic mass is 35.5. The molecule has 0 radical (unpaired) electrons. The average molecular weight is 378 g/mol. The van der Waals surface area contributed by atoms with Crippen molar-refractivity contribution >= 4 is 29.1 Å². The van der Waals surface area contributed by atoms with Gasteiger partial charge >= 0.3 is 0 Å². The molecular weight excluding hydrogens is 357 g/mol. The number of fused-ring (bicyclic) bond motifs is 1. The predicted molar refractivity (Wildman–Crippen MR) is 101 cm³/mol. The summed E-state index contributed by atoms with van der Waals surface area (Å²) in [4.78, 5) is 12.5. The molecule has 2 aromatic carbocycles. The second-order valence-electron chi connectivity index (χ2n) is 6.96. The lowest BCUT2D eigenvalue weighted by molar-refractivity contribution is -0.122. The summed E-state index contributed by atoms with van der Waals surface area (Å²) >= 11 is 12.1. The van der Waals surface area contributed by atoms with Gasteiger partial charge in [0.05, 0.1) is 6.04 Å². The van der Waals surface area contributed by atoms with Crippen LogP contribution in [0.2, 0.25) is 10.0 Å². The van der Waals surface area contributed by atoms with Crippen molar-refractivity contribution in [2.75, 3.05) is 0 Å². The molecule has 3 rings (SSSR count). The van der Waals surface area contributed by atoms with Gasteiger partial charge in [0.25, 0.3) is 0 Å². The van der Waals surface area contributed by atoms with E-state index in [1.807, 2.05) is 44.2 Å². The number of aryl methyl sites for hydroxylation is 1. The van der Waals surface area contributed by atoms with Gasteiger partial charge in [-0.15, -0.1) is 0 Å². The van der Waals surface area contributed by atoms with E-state index in [1.54, 1.807) is 12.1 Å². The molecule has 0 saturated carbocycles. The summed E-state index contributed by atoms with van der Waals surface area (Å²) in [5, 5.41) is 4.34. The molecule has 3 nitrogen and oxygen atoms in total. The van der Waals surface area contributed by atoms with Gasteiger partial charge in [0, 0.05) is 28.5 Å². The largest absolute Gasteiger partial charge is 0.487 e. The minimum atomic E-state index is -0.314. The highest BCUT2D eigenvalue weighted by molar-refractivity contribution is 6.35. The third kappa shape index (κ3) is 4.47. The van der Waals surface area contributed by atoms with Crippen molar-refractivity contribution in [1.82, 2.24) is 5.32 Å². The fourth-order valence-electron chi connectivity index (χ4n) is 3.17. The van der Waals surface area contributed by atoms with Crippen LogP contribution in [0.15, 0.2) is 42.5 Å². The van der Waals surface area contributed by atoms with E-state index in [2.05, 4.69) is 5.32 Å². The number of carbonyl (C=O) groups excluding carboxylic acids is 1. The maximum absolute atomic E-state index is 12.5. The summed E-state index contributed by atoms with van der Waals surface area (Å²) in [7, 11) is 0. The van der Waals surface area contributed by atoms with E-state index in [0.29, 0.717) is 22.9 Å². The van der Waals surface area contributed by atoms with Crippen LogP contribution in [-0.2, 0) is 11.2 Å². The Balaban J connectivity index is 1.66. The van der Waals surface area contributed by atoms with Gasteiger partial charge in [-0.25, -0.2) is 0 Å². The number of hydrogen-bond donors (Lipinski definition) is 1. The summed E-state index contributed by atoms with van der Waals surface area (Å²) in [6.07, 6.45) is 1.69. The summed E-state index contributed by atoms with van der Waals surface area (Å²) in [5.41, 5.74) is 1.64. The molecule has 1 aliphatic rings. The lowest BCUT2D eigenvalue weighted by Crippen LogP contribution is -2.41. The van der Waals surface area contributed by atoms with Crippen LogP contribution >= 0.6 is 23.2 Å². The third-order valence-electron chi connectivity index (χ3n) is 4.35. The van der Waals surface area contributed by atoms with E-state index in [1.165, 1.54) is 0 Å². The Morgan fingerprint density at radius 3 is 2.76 bits per heavy atom. The van der Waals surface area contributed by atoms with E-state index in [-0.39, 0.29) is 17.6 Å². The van der Waals surface area contributed by atoms with Crippen LogP contribution in [0.1, 0.15) is 43.9 Å². The van der Waals surface area contributed by atoms with Crippen molar-refractivity contribution in [2.45, 2.75) is 44.8 Å². The molecule has 25 heavy (non-hydrogen) atoms. The zero-order valence-electron chi connectivity index (χ0n) is 14.3. The molecule has 0 fully saturated rings. The van der Waals surface area contributed by atoms with Crippen molar-refractivity contribution < 1.29 is 9.53 Å². The molecule has 0 unspecified atom stereocenters. The number of halogens is 2. The van der Waals surface area contributed by atoms with Crippen LogP contribution in [0.25, 0.3) is 0 Å². The van der Waals surface area contributed by atoms with Gasteiger partial charge in [0.1, 0.15) is 11.4 Å². The molecule has 1 aliphatic heterocycles. The van der Waals surface area contributed by atoms with E-state index in [9.17, 15) is 4.79 Å². The third-order valence-corrected chi connectivity index (χ3v) is 4.94. The number of benzene rings is 2. The first-order valence-corrected chi connectivity index (χ1v) is 9.11. The predicted octanol–water partition coefficient (Wildman–Crippen LogP) is 5.34. The fraction of sp³-hybridized carbons (Fsp3) is 0.350. The van der Waals surface area contributed by atoms with Crippen LogP contribution in [0.5, 0.6) is 5.75 Å². The molecule has 0 saturated heterocycles. The average Bonchev–Trinajstić information content (AvgIpc) is 2.53. The molecule has 1 heterocycles. The number of hydrogen-bond acceptors (Lipinski definition) is 2. The summed E-state index contributed by atoms with van der Waals surface area (Å²) < 4.78 is 6.01. The molecule has 1 atom stereocenters. The molecule has 0 bridgehead atoms. The molecule has 0 aliphatic carbocycles. The Hall–Kier alpha value is -1.71. The van der Waals surface area contributed by atoms with Crippen molar-refractivity contribution in [3.05, 3.63) is 63.6 Å². The maximum atomic E-state index is 12.5. The second kappa shape index (κ2) is 7.27. The first-order chi connectivity index (χ1) is 11.8. The Morgan fingerprint density at radius 2 is 2.00 bits per heavy atom. The molecule has 0 spiro atoms. The van der Waals surface area contributed by atoms with Crippen LogP contribution < -0.4 is 10.1 Å². The molecule has 132 valence electrons. The van der Waals surface area contributed by atoms with E-state index < -0.39 is 0 Å². The topological polar surface area (TPSA) is 38.3 Å². The van der Waals surface area contributed by atoms with Crippen molar-refractivity contribution in [3.63, 3.8) is 0 Å². The highest BCUT2D eigenvalue weighted by Crippen LogP contribution is 2.39. The lowest BCUT2D eigenvalue weighted by Gasteiger charge is -2.37. The minimum Gasteiger partial charge on any atom is -0.487 e. The quantitative estimate of drug-likeness (QED) is 0.780. The highest BCUT2D eigenvalue weighted by Gasteiger charge is 2.34. The van der Waals surface area contributed by atoms with E-state index in [4.69, 9.17) is 27.9 Å². The molecular formula is C20H21Cl2NO2. The van der Waals surface area contributed by atoms with Crippen LogP contribution in [-0.4, -0.2) is 11.5 Å². The van der Waals surface area contributed by atoms with Gasteiger partial charge in [0.15, 0.2) is 0 Å². The molecule has 2 aromatic rings. The Labute approximate surface area is 158 Å². The Kier molecular flexibility index (Phi) is 5.26. The van der Waals surface area contributed by atoms with Gasteiger partial charge in [-0.3, -0.25) is 4.79 Å². The van der Waals surface area contributed by atoms with Crippen LogP contribution in [0.4, 0.5) is 0 Å². The zero-order valence-corrected chi connectivity index (χ0v) is 15.8. The first kappa shape index (κ1) is 18.1. The molecule has 5 heteroatoms. The number of nitrogens with one attached hydrogen (secondary N) is 1. The molecule has 0 aromatic heterocycles. The maximum Gasteiger partial charge on any atom is 0.220 e. The van der Waals surface area contributed by atoms with Gasteiger partial charge in [0.2, 0.25) is 5.91 Å². The van der Waals surface area contributed by atoms with Crippen LogP contribution in [0, 0.1) is 0 Å². The molecule has 1 amide bonds. The van der Waals surface area contributed by atoms with E-state index in [0.717, 1.165) is 23.3 Å². The standard InChI is InChI=1S/C20H21Cl2NO2/c1-20(2)12-17(15-5-3-4-6-18(15)25-20)23-19(24)10-8-13-7-9-14(21)11-16(13)22/h3-7,9,11,17H,8,10,12H2,1-2H3,(H,23,24)/t17-/m1/s1. The SMILES string of the molecule is CC1(C)C[C@@H](NC(=O)CCc2ccc(Cl)cc2Cl)c2ccccc2O1. The van der Waals surface area contributed by atoms with Crippen molar-refractivity contribution in [1.29, 1.82) is 0 Å². The van der Waals surface area contributed by atoms with Crippen LogP contribution in [0.3, 0.4) is 0 Å². The number of ether oxygens (including phenoxy) is 1. The number of amides is 1. The molecule has 1 N–H and O–H groups in total. The zero-order chi connectivity index (χ0) is 18.0. The van der Waals surface area contributed by atoms with Crippen molar-refractivity contribution in [2.24, 2.45) is 0 Å². The fourth-order valence-corrected chi connectivity index (χ4v) is 3.67. The van der Waals surface area contributed by atoms with Gasteiger partial charge in [-0.2, -0.15) is 0 Å². The number of carbonyl (C=O) groups is 1. The van der Waals surface area contributed by atoms with Gasteiger partial charge in [-0.1, -0.05) is 47.5 Å². The lowest BCUT2D eigenvalue weighted by atomic mass is 9.89. The normalized spacial score (nSPS) is 18.2. The second-order valence-corrected chi connectivity index (χ2v) is 7.80. The summed E-state index contributed by atoms with van der Waals surface area (Å²) in [6, 6.07) is 13.2. The smallest absolute Gasteiger partial charge is 0.220 e. The first-order valence-electron chi connectivity index (χ1n) is 8.35. The Bertz CT molecular complexity index is 789. The summed E-state index contributed by atoms with van der Waals surface area (Å²) in [6.45, 7) is 4.07. The van der Waals surface area contributed by atoms with Crippen molar-refractivity contribution in [3.8, 4) is 5.75 Å². The van der Waals surface area contributed by atoms with E-state index >= 15 is 0 Å². The van der Waals surface area contributed by atoms with Gasteiger partial charge in [-0.05, 0) is 44.0 Å². The number of para-hydroxylation sites is 1. The van der Waals surface area contributed by atoms with Gasteiger partial charge < -0.3 is 10.1 Å².